The van der Waals surface area contributed by atoms with Crippen molar-refractivity contribution < 1.29 is 4.76 Å². The fourth-order valence-corrected chi connectivity index (χ4v) is 1.75. The van der Waals surface area contributed by atoms with Crippen LogP contribution in [0.3, 0.4) is 0 Å². The highest BCUT2D eigenvalue weighted by Crippen LogP contribution is 2.25. The molecule has 2 rings (SSSR count). The fraction of sp³-hybridized carbons (Fsp3) is 0.400. The number of fused-ring (bicyclic) bond motifs is 1. The van der Waals surface area contributed by atoms with Crippen molar-refractivity contribution in [3.05, 3.63) is 41.5 Å². The number of hydrogen-bond donors (Lipinski definition) is 0. The largest absolute Gasteiger partial charge is 0.217 e. The Labute approximate surface area is 71.8 Å². The molecule has 0 fully saturated rings. The van der Waals surface area contributed by atoms with Crippen molar-refractivity contribution in [3.63, 3.8) is 0 Å². The van der Waals surface area contributed by atoms with Crippen LogP contribution < -0.4 is 0 Å². The van der Waals surface area contributed by atoms with Crippen LogP contribution in [0, 0.1) is 16.7 Å². The van der Waals surface area contributed by atoms with Gasteiger partial charge in [-0.25, -0.2) is 0 Å². The first-order valence-corrected chi connectivity index (χ1v) is 4.32. The van der Waals surface area contributed by atoms with Gasteiger partial charge in [0.05, 0.1) is 0 Å². The molecule has 0 saturated carbocycles. The number of nitroso groups, excluding NO2 is 1. The Morgan fingerprint density at radius 3 is 2.75 bits per heavy atom. The summed E-state index contributed by atoms with van der Waals surface area (Å²) in [4.78, 5) is 11.1. The van der Waals surface area contributed by atoms with Gasteiger partial charge in [-0.05, 0) is 18.4 Å². The Bertz CT molecular complexity index is 276. The van der Waals surface area contributed by atoms with Gasteiger partial charge in [-0.2, -0.15) is 0 Å². The first-order valence-electron chi connectivity index (χ1n) is 4.32. The summed E-state index contributed by atoms with van der Waals surface area (Å²) in [5.41, 5.74) is 0. The van der Waals surface area contributed by atoms with E-state index in [2.05, 4.69) is 18.2 Å². The molecular weight excluding hydrogens is 150 g/mol. The Kier molecular flexibility index (Phi) is 1.90. The molecule has 0 spiro atoms. The van der Waals surface area contributed by atoms with Gasteiger partial charge in [0, 0.05) is 15.6 Å². The summed E-state index contributed by atoms with van der Waals surface area (Å²) < 4.78 is 1.02. The quantitative estimate of drug-likeness (QED) is 0.499. The molecule has 0 aromatic heterocycles. The number of allylic oxidation sites excluding steroid dienone is 4. The van der Waals surface area contributed by atoms with Gasteiger partial charge in [-0.1, -0.05) is 24.3 Å². The van der Waals surface area contributed by atoms with Gasteiger partial charge in [0.15, 0.2) is 0 Å². The summed E-state index contributed by atoms with van der Waals surface area (Å²) in [7, 11) is 0. The highest BCUT2D eigenvalue weighted by Gasteiger charge is 2.26. The van der Waals surface area contributed by atoms with Crippen LogP contribution in [0.4, 0.5) is 0 Å². The minimum absolute atomic E-state index is 0.405. The Hall–Kier alpha value is -1.18. The molecular formula is C10H12NO+. The molecule has 0 saturated heterocycles. The number of rotatable bonds is 0. The second-order valence-corrected chi connectivity index (χ2v) is 3.32. The first-order chi connectivity index (χ1) is 5.86. The van der Waals surface area contributed by atoms with E-state index in [1.807, 2.05) is 12.2 Å². The van der Waals surface area contributed by atoms with Gasteiger partial charge in [0.25, 0.3) is 0 Å². The van der Waals surface area contributed by atoms with E-state index in [-0.39, 0.29) is 0 Å². The molecule has 12 heavy (non-hydrogen) atoms. The summed E-state index contributed by atoms with van der Waals surface area (Å²) in [6, 6.07) is 0. The van der Waals surface area contributed by atoms with Crippen molar-refractivity contribution in [2.75, 3.05) is 6.54 Å². The molecule has 0 bridgehead atoms. The molecule has 0 aromatic carbocycles. The fourth-order valence-electron chi connectivity index (χ4n) is 1.75. The Balaban J connectivity index is 2.19. The normalized spacial score (nSPS) is 33.2. The SMILES string of the molecule is O=[N+]1C=CCC2C=CC=CC2C1. The van der Waals surface area contributed by atoms with Crippen molar-refractivity contribution in [1.82, 2.24) is 0 Å². The summed E-state index contributed by atoms with van der Waals surface area (Å²) in [6.07, 6.45) is 13.0. The summed E-state index contributed by atoms with van der Waals surface area (Å²) >= 11 is 0. The van der Waals surface area contributed by atoms with Crippen LogP contribution in [-0.2, 0) is 0 Å². The molecule has 0 radical (unpaired) electrons. The lowest BCUT2D eigenvalue weighted by molar-refractivity contribution is -0.484. The number of hydrogen-bond acceptors (Lipinski definition) is 1. The zero-order chi connectivity index (χ0) is 8.39. The van der Waals surface area contributed by atoms with E-state index in [1.165, 1.54) is 0 Å². The van der Waals surface area contributed by atoms with Gasteiger partial charge in [-0.3, -0.25) is 0 Å². The lowest BCUT2D eigenvalue weighted by atomic mass is 9.87. The molecule has 1 aliphatic carbocycles. The van der Waals surface area contributed by atoms with Crippen molar-refractivity contribution in [2.45, 2.75) is 6.42 Å². The van der Waals surface area contributed by atoms with Crippen molar-refractivity contribution >= 4 is 0 Å². The van der Waals surface area contributed by atoms with Gasteiger partial charge in [0.1, 0.15) is 0 Å². The predicted molar refractivity (Wildman–Crippen MR) is 47.5 cm³/mol. The molecule has 2 unspecified atom stereocenters. The second-order valence-electron chi connectivity index (χ2n) is 3.32. The average Bonchev–Trinajstić information content (AvgIpc) is 2.25. The maximum absolute atomic E-state index is 11.1. The summed E-state index contributed by atoms with van der Waals surface area (Å²) in [6.45, 7) is 0.599. The predicted octanol–water partition coefficient (Wildman–Crippen LogP) is 2.04. The van der Waals surface area contributed by atoms with Crippen LogP contribution in [0.15, 0.2) is 36.6 Å². The smallest absolute Gasteiger partial charge is 0.0803 e. The first kappa shape index (κ1) is 7.47. The van der Waals surface area contributed by atoms with Crippen molar-refractivity contribution in [1.29, 1.82) is 0 Å². The van der Waals surface area contributed by atoms with Crippen molar-refractivity contribution in [3.8, 4) is 0 Å². The third-order valence-corrected chi connectivity index (χ3v) is 2.45. The average molecular weight is 162 g/mol. The molecule has 2 nitrogen and oxygen atoms in total. The summed E-state index contributed by atoms with van der Waals surface area (Å²) in [5.74, 6) is 0.938. The van der Waals surface area contributed by atoms with E-state index < -0.39 is 0 Å². The van der Waals surface area contributed by atoms with Gasteiger partial charge >= 0.3 is 0 Å². The zero-order valence-electron chi connectivity index (χ0n) is 6.89. The maximum Gasteiger partial charge on any atom is 0.217 e. The van der Waals surface area contributed by atoms with Crippen LogP contribution in [0.5, 0.6) is 0 Å². The third kappa shape index (κ3) is 1.37. The van der Waals surface area contributed by atoms with Crippen molar-refractivity contribution in [2.24, 2.45) is 11.8 Å². The standard InChI is InChI=1S/C10H12NO/c12-11-7-3-6-9-4-1-2-5-10(9)8-11/h1-5,7,9-10H,6,8H2/q+1. The topological polar surface area (TPSA) is 20.1 Å². The van der Waals surface area contributed by atoms with E-state index in [9.17, 15) is 4.91 Å². The molecule has 1 heterocycles. The van der Waals surface area contributed by atoms with E-state index in [1.54, 1.807) is 6.20 Å². The molecule has 1 aliphatic heterocycles. The number of nitrogens with zero attached hydrogens (tertiary/aromatic N) is 1. The van der Waals surface area contributed by atoms with Crippen LogP contribution in [0.1, 0.15) is 6.42 Å². The Morgan fingerprint density at radius 2 is 1.92 bits per heavy atom. The van der Waals surface area contributed by atoms with E-state index >= 15 is 0 Å². The molecule has 2 heteroatoms. The van der Waals surface area contributed by atoms with Crippen LogP contribution in [0.25, 0.3) is 0 Å². The zero-order valence-corrected chi connectivity index (χ0v) is 6.89. The maximum atomic E-state index is 11.1. The van der Waals surface area contributed by atoms with E-state index in [0.29, 0.717) is 18.4 Å². The molecule has 0 amide bonds. The monoisotopic (exact) mass is 162 g/mol. The lowest BCUT2D eigenvalue weighted by Crippen LogP contribution is -2.19. The molecule has 2 atom stereocenters. The van der Waals surface area contributed by atoms with Crippen LogP contribution >= 0.6 is 0 Å². The molecule has 0 N–H and O–H groups in total. The molecule has 0 aromatic rings. The second kappa shape index (κ2) is 3.05. The van der Waals surface area contributed by atoms with Crippen LogP contribution in [0.2, 0.25) is 0 Å². The van der Waals surface area contributed by atoms with Gasteiger partial charge < -0.3 is 0 Å². The van der Waals surface area contributed by atoms with E-state index in [4.69, 9.17) is 0 Å². The minimum Gasteiger partial charge on any atom is -0.0803 e. The van der Waals surface area contributed by atoms with Gasteiger partial charge in [0.2, 0.25) is 12.7 Å². The minimum atomic E-state index is 0.405. The lowest BCUT2D eigenvalue weighted by Gasteiger charge is -2.16. The third-order valence-electron chi connectivity index (χ3n) is 2.45. The summed E-state index contributed by atoms with van der Waals surface area (Å²) in [5, 5.41) is 0. The highest BCUT2D eigenvalue weighted by atomic mass is 16.3. The van der Waals surface area contributed by atoms with E-state index in [0.717, 1.165) is 11.2 Å². The molecule has 62 valence electrons. The Morgan fingerprint density at radius 1 is 1.17 bits per heavy atom. The highest BCUT2D eigenvalue weighted by molar-refractivity contribution is 5.15. The molecule has 2 aliphatic rings. The van der Waals surface area contributed by atoms with Crippen LogP contribution in [-0.4, -0.2) is 11.3 Å². The van der Waals surface area contributed by atoms with Gasteiger partial charge in [-0.15, -0.1) is 0 Å².